The fourth-order valence-electron chi connectivity index (χ4n) is 6.01. The van der Waals surface area contributed by atoms with Crippen molar-refractivity contribution in [2.24, 2.45) is 5.92 Å². The minimum Gasteiger partial charge on any atom is -0.485 e. The molecule has 0 saturated carbocycles. The molecule has 0 aliphatic carbocycles. The molecule has 1 fully saturated rings. The van der Waals surface area contributed by atoms with Crippen LogP contribution in [0.5, 0.6) is 11.6 Å². The maximum Gasteiger partial charge on any atom is 0.306 e. The zero-order chi connectivity index (χ0) is 28.6. The zero-order valence-corrected chi connectivity index (χ0v) is 24.0. The number of halogens is 1. The lowest BCUT2D eigenvalue weighted by Crippen LogP contribution is -2.37. The van der Waals surface area contributed by atoms with Gasteiger partial charge >= 0.3 is 5.97 Å². The Morgan fingerprint density at radius 1 is 1.20 bits per heavy atom. The second kappa shape index (κ2) is 11.2. The van der Waals surface area contributed by atoms with Gasteiger partial charge in [0.25, 0.3) is 0 Å². The van der Waals surface area contributed by atoms with Crippen LogP contribution >= 0.6 is 0 Å². The first kappa shape index (κ1) is 28.1. The van der Waals surface area contributed by atoms with Gasteiger partial charge in [-0.1, -0.05) is 44.2 Å². The first-order valence-electron chi connectivity index (χ1n) is 14.2. The Kier molecular flexibility index (Phi) is 7.87. The van der Waals surface area contributed by atoms with Crippen LogP contribution in [-0.4, -0.2) is 40.2 Å². The van der Waals surface area contributed by atoms with Gasteiger partial charge in [0.05, 0.1) is 19.2 Å². The summed E-state index contributed by atoms with van der Waals surface area (Å²) in [4.78, 5) is 18.1. The summed E-state index contributed by atoms with van der Waals surface area (Å²) in [6, 6.07) is 14.0. The van der Waals surface area contributed by atoms with E-state index in [1.165, 1.54) is 13.3 Å². The number of hydrogen-bond donors (Lipinski definition) is 1. The minimum atomic E-state index is -0.805. The number of carbonyl (C=O) groups is 1. The van der Waals surface area contributed by atoms with Crippen LogP contribution in [0.4, 0.5) is 4.39 Å². The van der Waals surface area contributed by atoms with E-state index in [-0.39, 0.29) is 23.4 Å². The molecule has 0 bridgehead atoms. The number of methoxy groups -OCH3 is 1. The van der Waals surface area contributed by atoms with Crippen molar-refractivity contribution in [3.8, 4) is 22.8 Å². The fourth-order valence-corrected chi connectivity index (χ4v) is 6.01. The van der Waals surface area contributed by atoms with E-state index in [2.05, 4.69) is 35.9 Å². The highest BCUT2D eigenvalue weighted by atomic mass is 19.1. The van der Waals surface area contributed by atoms with Gasteiger partial charge < -0.3 is 14.6 Å². The topological polar surface area (TPSA) is 71.9 Å². The molecule has 1 aromatic heterocycles. The lowest BCUT2D eigenvalue weighted by molar-refractivity contribution is -0.141. The van der Waals surface area contributed by atoms with Crippen molar-refractivity contribution in [2.75, 3.05) is 13.7 Å². The lowest BCUT2D eigenvalue weighted by Gasteiger charge is -2.33. The van der Waals surface area contributed by atoms with Crippen LogP contribution in [0.25, 0.3) is 11.1 Å². The van der Waals surface area contributed by atoms with E-state index in [0.717, 1.165) is 65.8 Å². The number of hydrogen-bond acceptors (Lipinski definition) is 5. The Hall–Kier alpha value is -3.45. The van der Waals surface area contributed by atoms with Crippen LogP contribution in [0.15, 0.2) is 48.7 Å². The monoisotopic (exact) mass is 546 g/mol. The molecule has 5 rings (SSSR count). The number of likely N-dealkylation sites (tertiary alicyclic amines) is 1. The van der Waals surface area contributed by atoms with E-state index in [1.54, 1.807) is 13.0 Å². The predicted molar refractivity (Wildman–Crippen MR) is 153 cm³/mol. The standard InChI is InChI=1S/C33H39FN2O4/c1-20(21(2)32(37)38)23-8-7-22-10-12-29(40-30(22)16-23)24-9-11-26(27-17-31(39-5)35-18-28(27)34)25(15-24)19-36-14-6-13-33(36,3)4/h7-9,11,15-18,20-21,29H,6,10,12-14,19H2,1-5H3,(H,37,38)/t20-,21+,29?/m1/s1. The van der Waals surface area contributed by atoms with Gasteiger partial charge in [-0.25, -0.2) is 9.37 Å². The summed E-state index contributed by atoms with van der Waals surface area (Å²) in [6.45, 7) is 9.93. The third-order valence-corrected chi connectivity index (χ3v) is 8.97. The molecule has 3 heterocycles. The Balaban J connectivity index is 1.49. The number of rotatable bonds is 8. The van der Waals surface area contributed by atoms with Crippen LogP contribution in [0.1, 0.15) is 81.2 Å². The number of carboxylic acids is 1. The van der Waals surface area contributed by atoms with Crippen LogP contribution in [0.3, 0.4) is 0 Å². The molecular weight excluding hydrogens is 507 g/mol. The third-order valence-electron chi connectivity index (χ3n) is 8.97. The van der Waals surface area contributed by atoms with Crippen LogP contribution in [0.2, 0.25) is 0 Å². The van der Waals surface area contributed by atoms with Gasteiger partial charge in [0.15, 0.2) is 0 Å². The van der Waals surface area contributed by atoms with E-state index in [4.69, 9.17) is 9.47 Å². The highest BCUT2D eigenvalue weighted by Crippen LogP contribution is 2.40. The van der Waals surface area contributed by atoms with Crippen molar-refractivity contribution in [3.05, 3.63) is 76.7 Å². The number of nitrogens with zero attached hydrogens (tertiary/aromatic N) is 2. The summed E-state index contributed by atoms with van der Waals surface area (Å²) in [5.41, 5.74) is 5.58. The zero-order valence-electron chi connectivity index (χ0n) is 24.0. The normalized spacial score (nSPS) is 19.9. The number of aliphatic carboxylic acids is 1. The summed E-state index contributed by atoms with van der Waals surface area (Å²) in [5, 5.41) is 9.49. The number of aromatic nitrogens is 1. The van der Waals surface area contributed by atoms with Gasteiger partial charge in [0, 0.05) is 23.7 Å². The summed E-state index contributed by atoms with van der Waals surface area (Å²) < 4.78 is 26.9. The molecule has 7 heteroatoms. The number of aryl methyl sites for hydroxylation is 1. The first-order chi connectivity index (χ1) is 19.1. The molecule has 0 amide bonds. The second-order valence-corrected chi connectivity index (χ2v) is 11.9. The predicted octanol–water partition coefficient (Wildman–Crippen LogP) is 7.16. The van der Waals surface area contributed by atoms with E-state index in [0.29, 0.717) is 18.0 Å². The maximum atomic E-state index is 15.1. The summed E-state index contributed by atoms with van der Waals surface area (Å²) in [7, 11) is 1.54. The Morgan fingerprint density at radius 2 is 2.00 bits per heavy atom. The Labute approximate surface area is 236 Å². The van der Waals surface area contributed by atoms with Gasteiger partial charge in [-0.2, -0.15) is 0 Å². The average Bonchev–Trinajstić information content (AvgIpc) is 3.29. The molecule has 2 aromatic carbocycles. The molecule has 1 N–H and O–H groups in total. The molecule has 3 atom stereocenters. The molecule has 0 radical (unpaired) electrons. The highest BCUT2D eigenvalue weighted by Gasteiger charge is 2.33. The molecule has 1 unspecified atom stereocenters. The Morgan fingerprint density at radius 3 is 2.70 bits per heavy atom. The van der Waals surface area contributed by atoms with Crippen molar-refractivity contribution in [2.45, 2.75) is 77.5 Å². The molecule has 212 valence electrons. The van der Waals surface area contributed by atoms with Gasteiger partial charge in [0.1, 0.15) is 17.7 Å². The van der Waals surface area contributed by atoms with Crippen molar-refractivity contribution in [3.63, 3.8) is 0 Å². The molecular formula is C33H39FN2O4. The van der Waals surface area contributed by atoms with Crippen molar-refractivity contribution < 1.29 is 23.8 Å². The summed E-state index contributed by atoms with van der Waals surface area (Å²) >= 11 is 0. The lowest BCUT2D eigenvalue weighted by atomic mass is 9.87. The van der Waals surface area contributed by atoms with Crippen molar-refractivity contribution in [1.29, 1.82) is 0 Å². The third kappa shape index (κ3) is 5.57. The smallest absolute Gasteiger partial charge is 0.306 e. The maximum absolute atomic E-state index is 15.1. The molecule has 3 aromatic rings. The van der Waals surface area contributed by atoms with Gasteiger partial charge in [-0.05, 0) is 85.9 Å². The number of carboxylic acid groups (broad SMARTS) is 1. The van der Waals surface area contributed by atoms with Crippen LogP contribution in [-0.2, 0) is 17.8 Å². The quantitative estimate of drug-likeness (QED) is 0.323. The highest BCUT2D eigenvalue weighted by molar-refractivity contribution is 5.71. The molecule has 0 spiro atoms. The van der Waals surface area contributed by atoms with E-state index in [1.807, 2.05) is 31.2 Å². The first-order valence-corrected chi connectivity index (χ1v) is 14.2. The largest absolute Gasteiger partial charge is 0.485 e. The van der Waals surface area contributed by atoms with E-state index < -0.39 is 11.9 Å². The number of ether oxygens (including phenoxy) is 2. The SMILES string of the molecule is COc1cc(-c2ccc(C3CCc4ccc([C@H](C)[C@H](C)C(=O)O)cc4O3)cc2CN2CCCC2(C)C)c(F)cn1. The molecule has 6 nitrogen and oxygen atoms in total. The van der Waals surface area contributed by atoms with Gasteiger partial charge in [-0.3, -0.25) is 9.69 Å². The number of fused-ring (bicyclic) bond motifs is 1. The molecule has 40 heavy (non-hydrogen) atoms. The van der Waals surface area contributed by atoms with E-state index in [9.17, 15) is 9.90 Å². The van der Waals surface area contributed by atoms with Crippen molar-refractivity contribution >= 4 is 5.97 Å². The number of pyridine rings is 1. The van der Waals surface area contributed by atoms with Gasteiger partial charge in [-0.15, -0.1) is 0 Å². The second-order valence-electron chi connectivity index (χ2n) is 11.9. The molecule has 1 saturated heterocycles. The van der Waals surface area contributed by atoms with Crippen molar-refractivity contribution in [1.82, 2.24) is 9.88 Å². The fraction of sp³-hybridized carbons (Fsp3) is 0.455. The minimum absolute atomic E-state index is 0.0716. The Bertz CT molecular complexity index is 1410. The van der Waals surface area contributed by atoms with E-state index >= 15 is 4.39 Å². The summed E-state index contributed by atoms with van der Waals surface area (Å²) in [5.74, 6) is -0.614. The molecule has 2 aliphatic rings. The number of benzene rings is 2. The van der Waals surface area contributed by atoms with Gasteiger partial charge in [0.2, 0.25) is 5.88 Å². The van der Waals surface area contributed by atoms with Crippen LogP contribution in [0, 0.1) is 11.7 Å². The summed E-state index contributed by atoms with van der Waals surface area (Å²) in [6.07, 6.45) is 5.04. The average molecular weight is 547 g/mol. The van der Waals surface area contributed by atoms with Crippen LogP contribution < -0.4 is 9.47 Å². The molecule has 2 aliphatic heterocycles.